The zero-order chi connectivity index (χ0) is 56.3. The van der Waals surface area contributed by atoms with E-state index in [0.717, 1.165) is 16.5 Å². The number of aromatic nitrogens is 3. The molecule has 7 atom stereocenters. The lowest BCUT2D eigenvalue weighted by Gasteiger charge is -2.31. The summed E-state index contributed by atoms with van der Waals surface area (Å²) in [7, 11) is 0. The molecule has 2 aromatic carbocycles. The fourth-order valence-electron chi connectivity index (χ4n) is 8.17. The van der Waals surface area contributed by atoms with Crippen molar-refractivity contribution in [2.45, 2.75) is 155 Å². The first-order chi connectivity index (χ1) is 35.9. The molecular weight excluding hydrogens is 979 g/mol. The molecule has 0 saturated heterocycles. The Balaban J connectivity index is 1.53. The zero-order valence-corrected chi connectivity index (χ0v) is 44.5. The van der Waals surface area contributed by atoms with Crippen LogP contribution in [0, 0.1) is 11.8 Å². The van der Waals surface area contributed by atoms with Gasteiger partial charge in [0.05, 0.1) is 6.33 Å². The predicted octanol–water partition coefficient (Wildman–Crippen LogP) is 0.480. The summed E-state index contributed by atoms with van der Waals surface area (Å²) in [6, 6.07) is 7.41. The van der Waals surface area contributed by atoms with E-state index in [-0.39, 0.29) is 56.8 Å². The van der Waals surface area contributed by atoms with Gasteiger partial charge in [-0.3, -0.25) is 47.9 Å². The van der Waals surface area contributed by atoms with Crippen molar-refractivity contribution >= 4 is 70.0 Å². The van der Waals surface area contributed by atoms with E-state index in [1.54, 1.807) is 56.4 Å². The molecule has 23 nitrogen and oxygen atoms in total. The first-order valence-electron chi connectivity index (χ1n) is 25.5. The monoisotopic (exact) mass is 1050 g/mol. The summed E-state index contributed by atoms with van der Waals surface area (Å²) < 4.78 is 0. The fraction of sp³-hybridized carbons (Fsp3) is 0.491. The molecule has 412 valence electrons. The van der Waals surface area contributed by atoms with Crippen LogP contribution < -0.4 is 54.0 Å². The van der Waals surface area contributed by atoms with Crippen LogP contribution in [0.4, 0.5) is 0 Å². The topological polar surface area (TPSA) is 363 Å². The van der Waals surface area contributed by atoms with Crippen molar-refractivity contribution in [3.05, 3.63) is 90.1 Å². The second-order valence-electron chi connectivity index (χ2n) is 20.2. The number of para-hydroxylation sites is 1. The molecule has 4 aromatic rings. The lowest BCUT2D eigenvalue weighted by atomic mass is 9.98. The van der Waals surface area contributed by atoms with Crippen molar-refractivity contribution in [1.29, 1.82) is 0 Å². The highest BCUT2D eigenvalue weighted by Gasteiger charge is 2.38. The van der Waals surface area contributed by atoms with Gasteiger partial charge < -0.3 is 64.0 Å². The van der Waals surface area contributed by atoms with Gasteiger partial charge in [-0.15, -0.1) is 0 Å². The molecule has 0 fully saturated rings. The van der Waals surface area contributed by atoms with Crippen LogP contribution in [0.15, 0.2) is 73.3 Å². The quantitative estimate of drug-likeness (QED) is 0.0341. The van der Waals surface area contributed by atoms with Crippen LogP contribution in [0.5, 0.6) is 0 Å². The average molecular weight is 1050 g/mol. The summed E-state index contributed by atoms with van der Waals surface area (Å²) in [4.78, 5) is 145. The number of amides is 10. The van der Waals surface area contributed by atoms with E-state index >= 15 is 0 Å². The normalized spacial score (nSPS) is 14.2. The standard InChI is InChI=1S/C53H75N13O10/c1-9-15-43(68)60-39(23-32-16-11-10-12-17-32)49(73)61-37(20-21-42(54)67)47(71)63-40(24-33-26-57-36-19-14-13-18-35(33)36)48(72)59-31(6)46(70)65-44(30(4)5)51(75)66-53(7,8)52(76)64-41(25-34-27-56-28-58-34)50(74)62-38(45(55)69)22-29(2)3/h10-14,16-19,26-31,37-41,44,57H,9,15,20-25H2,1-8H3,(H2,54,67)(H2,55,69)(H,56,58)(H,59,72)(H,60,68)(H,61,73)(H,62,74)(H,63,71)(H,64,76)(H,65,70)(H,66,75)/t31-,37-,38-,39+,40-,41-,44-/m0/s1. The van der Waals surface area contributed by atoms with Crippen molar-refractivity contribution in [3.63, 3.8) is 0 Å². The van der Waals surface area contributed by atoms with Crippen LogP contribution in [0.2, 0.25) is 0 Å². The molecule has 0 aliphatic carbocycles. The number of hydrogen-bond acceptors (Lipinski definition) is 11. The molecule has 14 N–H and O–H groups in total. The molecule has 0 bridgehead atoms. The van der Waals surface area contributed by atoms with Gasteiger partial charge in [0, 0.05) is 61.1 Å². The van der Waals surface area contributed by atoms with Gasteiger partial charge in [-0.1, -0.05) is 83.1 Å². The van der Waals surface area contributed by atoms with E-state index < -0.39 is 107 Å². The molecular formula is C53H75N13O10. The first-order valence-corrected chi connectivity index (χ1v) is 25.5. The number of imidazole rings is 1. The number of rotatable bonds is 30. The molecule has 4 rings (SSSR count). The second kappa shape index (κ2) is 28.5. The van der Waals surface area contributed by atoms with Gasteiger partial charge in [0.25, 0.3) is 0 Å². The number of primary amides is 2. The van der Waals surface area contributed by atoms with E-state index in [9.17, 15) is 47.9 Å². The van der Waals surface area contributed by atoms with Crippen LogP contribution >= 0.6 is 0 Å². The molecule has 2 aromatic heterocycles. The van der Waals surface area contributed by atoms with E-state index in [1.807, 2.05) is 39.0 Å². The maximum atomic E-state index is 14.3. The molecule has 0 radical (unpaired) electrons. The number of hydrogen-bond donors (Lipinski definition) is 12. The Morgan fingerprint density at radius 2 is 1.21 bits per heavy atom. The van der Waals surface area contributed by atoms with Gasteiger partial charge in [-0.2, -0.15) is 0 Å². The zero-order valence-electron chi connectivity index (χ0n) is 44.5. The Morgan fingerprint density at radius 3 is 1.82 bits per heavy atom. The molecule has 0 aliphatic heterocycles. The van der Waals surface area contributed by atoms with Crippen molar-refractivity contribution < 1.29 is 47.9 Å². The Labute approximate surface area is 442 Å². The predicted molar refractivity (Wildman–Crippen MR) is 283 cm³/mol. The SMILES string of the molecule is CCCC(=O)N[C@H](Cc1ccccc1)C(=O)N[C@@H](CCC(N)=O)C(=O)N[C@@H](Cc1c[nH]c2ccccc12)C(=O)N[C@@H](C)C(=O)N[C@H](C(=O)NC(C)(C)C(=O)N[C@@H](Cc1cnc[nH]1)C(=O)N[C@@H](CC(C)C)C(N)=O)C(C)C. The smallest absolute Gasteiger partial charge is 0.245 e. The third kappa shape index (κ3) is 18.7. The van der Waals surface area contributed by atoms with Crippen molar-refractivity contribution in [3.8, 4) is 0 Å². The number of fused-ring (bicyclic) bond motifs is 1. The summed E-state index contributed by atoms with van der Waals surface area (Å²) in [5.74, 6) is -7.91. The molecule has 0 unspecified atom stereocenters. The second-order valence-corrected chi connectivity index (χ2v) is 20.2. The highest BCUT2D eigenvalue weighted by Crippen LogP contribution is 2.20. The van der Waals surface area contributed by atoms with Gasteiger partial charge in [-0.05, 0) is 69.1 Å². The van der Waals surface area contributed by atoms with Crippen LogP contribution in [0.1, 0.15) is 104 Å². The van der Waals surface area contributed by atoms with Crippen molar-refractivity contribution in [2.24, 2.45) is 23.3 Å². The van der Waals surface area contributed by atoms with Crippen LogP contribution in [-0.4, -0.2) is 122 Å². The van der Waals surface area contributed by atoms with Crippen LogP contribution in [-0.2, 0) is 67.2 Å². The van der Waals surface area contributed by atoms with Gasteiger partial charge in [0.15, 0.2) is 0 Å². The maximum Gasteiger partial charge on any atom is 0.245 e. The summed E-state index contributed by atoms with van der Waals surface area (Å²) in [6.07, 6.45) is 4.77. The third-order valence-electron chi connectivity index (χ3n) is 12.4. The molecule has 0 aliphatic rings. The van der Waals surface area contributed by atoms with Gasteiger partial charge in [0.1, 0.15) is 47.8 Å². The molecule has 0 saturated carbocycles. The van der Waals surface area contributed by atoms with E-state index in [4.69, 9.17) is 11.5 Å². The molecule has 23 heteroatoms. The Morgan fingerprint density at radius 1 is 0.618 bits per heavy atom. The summed E-state index contributed by atoms with van der Waals surface area (Å²) >= 11 is 0. The van der Waals surface area contributed by atoms with Crippen molar-refractivity contribution in [2.75, 3.05) is 0 Å². The molecule has 0 spiro atoms. The molecule has 10 amide bonds. The van der Waals surface area contributed by atoms with Crippen LogP contribution in [0.25, 0.3) is 10.9 Å². The van der Waals surface area contributed by atoms with E-state index in [1.165, 1.54) is 33.3 Å². The number of nitrogens with two attached hydrogens (primary N) is 2. The van der Waals surface area contributed by atoms with E-state index in [0.29, 0.717) is 17.7 Å². The average Bonchev–Trinajstić information content (AvgIpc) is 4.03. The number of H-pyrrole nitrogens is 2. The van der Waals surface area contributed by atoms with E-state index in [2.05, 4.69) is 57.5 Å². The highest BCUT2D eigenvalue weighted by molar-refractivity contribution is 5.99. The van der Waals surface area contributed by atoms with Gasteiger partial charge in [-0.25, -0.2) is 4.98 Å². The number of aromatic amines is 2. The third-order valence-corrected chi connectivity index (χ3v) is 12.4. The number of nitrogens with zero attached hydrogens (tertiary/aromatic N) is 1. The Bertz CT molecular complexity index is 2650. The number of carbonyl (C=O) groups excluding carboxylic acids is 10. The van der Waals surface area contributed by atoms with Crippen LogP contribution in [0.3, 0.4) is 0 Å². The minimum atomic E-state index is -1.68. The van der Waals surface area contributed by atoms with Crippen molar-refractivity contribution in [1.82, 2.24) is 57.5 Å². The molecule has 76 heavy (non-hydrogen) atoms. The van der Waals surface area contributed by atoms with Gasteiger partial charge in [0.2, 0.25) is 59.1 Å². The largest absolute Gasteiger partial charge is 0.370 e. The highest BCUT2D eigenvalue weighted by atomic mass is 16.2. The number of carbonyl (C=O) groups is 10. The minimum Gasteiger partial charge on any atom is -0.370 e. The number of benzene rings is 2. The number of nitrogens with one attached hydrogen (secondary N) is 10. The fourth-order valence-corrected chi connectivity index (χ4v) is 8.17. The summed E-state index contributed by atoms with van der Waals surface area (Å²) in [5, 5.41) is 22.1. The lowest BCUT2D eigenvalue weighted by molar-refractivity contribution is -0.138. The summed E-state index contributed by atoms with van der Waals surface area (Å²) in [5.41, 5.74) is 12.0. The summed E-state index contributed by atoms with van der Waals surface area (Å²) in [6.45, 7) is 13.0. The van der Waals surface area contributed by atoms with Gasteiger partial charge >= 0.3 is 0 Å². The minimum absolute atomic E-state index is 0.00195. The Hall–Kier alpha value is -8.11. The maximum absolute atomic E-state index is 14.3. The lowest BCUT2D eigenvalue weighted by Crippen LogP contribution is -2.64. The molecule has 2 heterocycles. The first kappa shape index (κ1) is 60.4. The Kier molecular flexibility index (Phi) is 22.7.